The highest BCUT2D eigenvalue weighted by Crippen LogP contribution is 2.14. The molecule has 0 spiro atoms. The number of piperidine rings is 1. The molecule has 0 aliphatic carbocycles. The molecule has 1 aliphatic rings. The summed E-state index contributed by atoms with van der Waals surface area (Å²) in [6.45, 7) is 3.67. The van der Waals surface area contributed by atoms with Crippen molar-refractivity contribution in [3.05, 3.63) is 60.2 Å². The first-order chi connectivity index (χ1) is 14.1. The number of nitrogens with one attached hydrogen (secondary N) is 1. The maximum absolute atomic E-state index is 12.3. The second kappa shape index (κ2) is 10.5. The molecule has 0 bridgehead atoms. The summed E-state index contributed by atoms with van der Waals surface area (Å²) in [7, 11) is 0. The smallest absolute Gasteiger partial charge is 0.258 e. The van der Waals surface area contributed by atoms with Crippen LogP contribution in [0, 0.1) is 6.92 Å². The fraction of sp³-hybridized carbons (Fsp3) is 0.391. The van der Waals surface area contributed by atoms with Crippen LogP contribution < -0.4 is 14.8 Å². The van der Waals surface area contributed by atoms with E-state index < -0.39 is 0 Å². The van der Waals surface area contributed by atoms with Crippen LogP contribution in [0.4, 0.5) is 0 Å². The van der Waals surface area contributed by atoms with Crippen molar-refractivity contribution in [3.8, 4) is 11.5 Å². The van der Waals surface area contributed by atoms with Crippen LogP contribution in [0.3, 0.4) is 0 Å². The first-order valence-electron chi connectivity index (χ1n) is 10.0. The van der Waals surface area contributed by atoms with Crippen LogP contribution in [0.15, 0.2) is 54.6 Å². The van der Waals surface area contributed by atoms with Gasteiger partial charge < -0.3 is 19.7 Å². The van der Waals surface area contributed by atoms with Crippen molar-refractivity contribution in [3.63, 3.8) is 0 Å². The van der Waals surface area contributed by atoms with Gasteiger partial charge in [-0.15, -0.1) is 0 Å². The molecule has 0 unspecified atom stereocenters. The van der Waals surface area contributed by atoms with E-state index in [0.717, 1.165) is 24.2 Å². The highest BCUT2D eigenvalue weighted by Gasteiger charge is 2.23. The molecule has 154 valence electrons. The molecule has 2 amide bonds. The predicted molar refractivity (Wildman–Crippen MR) is 111 cm³/mol. The molecule has 1 heterocycles. The highest BCUT2D eigenvalue weighted by molar-refractivity contribution is 5.78. The zero-order chi connectivity index (χ0) is 20.5. The molecule has 0 saturated carbocycles. The van der Waals surface area contributed by atoms with Gasteiger partial charge >= 0.3 is 0 Å². The largest absolute Gasteiger partial charge is 0.493 e. The van der Waals surface area contributed by atoms with Gasteiger partial charge in [0.15, 0.2) is 6.61 Å². The number of rotatable bonds is 8. The van der Waals surface area contributed by atoms with E-state index in [1.807, 2.05) is 66.4 Å². The van der Waals surface area contributed by atoms with Crippen LogP contribution in [0.25, 0.3) is 0 Å². The molecule has 1 saturated heterocycles. The van der Waals surface area contributed by atoms with E-state index in [9.17, 15) is 9.59 Å². The first-order valence-corrected chi connectivity index (χ1v) is 10.0. The standard InChI is InChI=1S/C23H28N2O4/c1-18-7-9-21(10-8-18)29-17-22(26)24-19-11-14-25(15-12-19)23(27)13-16-28-20-5-3-2-4-6-20/h2-10,19H,11-17H2,1H3,(H,24,26). The van der Waals surface area contributed by atoms with Gasteiger partial charge in [-0.2, -0.15) is 0 Å². The number of ether oxygens (including phenoxy) is 2. The lowest BCUT2D eigenvalue weighted by Crippen LogP contribution is -2.47. The third-order valence-corrected chi connectivity index (χ3v) is 4.93. The minimum absolute atomic E-state index is 0.000962. The maximum Gasteiger partial charge on any atom is 0.258 e. The zero-order valence-corrected chi connectivity index (χ0v) is 16.8. The molecule has 2 aromatic rings. The number of para-hydroxylation sites is 1. The lowest BCUT2D eigenvalue weighted by atomic mass is 10.0. The molecule has 0 aromatic heterocycles. The molecule has 0 atom stereocenters. The second-order valence-corrected chi connectivity index (χ2v) is 7.24. The molecular formula is C23H28N2O4. The summed E-state index contributed by atoms with van der Waals surface area (Å²) in [5.41, 5.74) is 1.15. The van der Waals surface area contributed by atoms with E-state index in [0.29, 0.717) is 31.9 Å². The minimum Gasteiger partial charge on any atom is -0.493 e. The Morgan fingerprint density at radius 2 is 1.62 bits per heavy atom. The molecule has 1 aliphatic heterocycles. The molecule has 0 radical (unpaired) electrons. The van der Waals surface area contributed by atoms with Gasteiger partial charge in [0.1, 0.15) is 11.5 Å². The summed E-state index contributed by atoms with van der Waals surface area (Å²) in [5, 5.41) is 3.00. The molecule has 6 heteroatoms. The Morgan fingerprint density at radius 1 is 0.966 bits per heavy atom. The third kappa shape index (κ3) is 6.82. The van der Waals surface area contributed by atoms with Gasteiger partial charge in [0.2, 0.25) is 5.91 Å². The molecule has 1 N–H and O–H groups in total. The number of benzene rings is 2. The Morgan fingerprint density at radius 3 is 2.31 bits per heavy atom. The lowest BCUT2D eigenvalue weighted by molar-refractivity contribution is -0.133. The molecule has 6 nitrogen and oxygen atoms in total. The van der Waals surface area contributed by atoms with Crippen LogP contribution in [-0.4, -0.2) is 49.1 Å². The second-order valence-electron chi connectivity index (χ2n) is 7.24. The monoisotopic (exact) mass is 396 g/mol. The van der Waals surface area contributed by atoms with Gasteiger partial charge in [0.25, 0.3) is 5.91 Å². The number of hydrogen-bond donors (Lipinski definition) is 1. The van der Waals surface area contributed by atoms with Crippen LogP contribution in [0.1, 0.15) is 24.8 Å². The summed E-state index contributed by atoms with van der Waals surface area (Å²) in [6, 6.07) is 17.2. The van der Waals surface area contributed by atoms with E-state index in [2.05, 4.69) is 5.32 Å². The topological polar surface area (TPSA) is 67.9 Å². The summed E-state index contributed by atoms with van der Waals surface area (Å²) >= 11 is 0. The van der Waals surface area contributed by atoms with E-state index in [-0.39, 0.29) is 24.5 Å². The normalized spacial score (nSPS) is 14.3. The first kappa shape index (κ1) is 20.7. The summed E-state index contributed by atoms with van der Waals surface area (Å²) in [5.74, 6) is 1.42. The van der Waals surface area contributed by atoms with E-state index in [1.165, 1.54) is 0 Å². The van der Waals surface area contributed by atoms with Crippen molar-refractivity contribution in [2.24, 2.45) is 0 Å². The van der Waals surface area contributed by atoms with E-state index in [4.69, 9.17) is 9.47 Å². The Balaban J connectivity index is 1.31. The Labute approximate surface area is 171 Å². The zero-order valence-electron chi connectivity index (χ0n) is 16.8. The Bertz CT molecular complexity index is 784. The lowest BCUT2D eigenvalue weighted by Gasteiger charge is -2.32. The van der Waals surface area contributed by atoms with Gasteiger partial charge in [-0.1, -0.05) is 35.9 Å². The van der Waals surface area contributed by atoms with Crippen molar-refractivity contribution in [2.45, 2.75) is 32.2 Å². The number of likely N-dealkylation sites (tertiary alicyclic amines) is 1. The molecule has 1 fully saturated rings. The average molecular weight is 396 g/mol. The quantitative estimate of drug-likeness (QED) is 0.745. The van der Waals surface area contributed by atoms with Crippen molar-refractivity contribution >= 4 is 11.8 Å². The Kier molecular flexibility index (Phi) is 7.50. The van der Waals surface area contributed by atoms with E-state index >= 15 is 0 Å². The molecular weight excluding hydrogens is 368 g/mol. The molecule has 2 aromatic carbocycles. The minimum atomic E-state index is -0.133. The number of carbonyl (C=O) groups is 2. The van der Waals surface area contributed by atoms with E-state index in [1.54, 1.807) is 0 Å². The highest BCUT2D eigenvalue weighted by atomic mass is 16.5. The van der Waals surface area contributed by atoms with Gasteiger partial charge in [-0.25, -0.2) is 0 Å². The predicted octanol–water partition coefficient (Wildman–Crippen LogP) is 2.95. The van der Waals surface area contributed by atoms with Gasteiger partial charge in [-0.05, 0) is 44.0 Å². The summed E-state index contributed by atoms with van der Waals surface area (Å²) in [6.07, 6.45) is 1.86. The Hall–Kier alpha value is -3.02. The van der Waals surface area contributed by atoms with Crippen LogP contribution in [0.2, 0.25) is 0 Å². The van der Waals surface area contributed by atoms with Crippen LogP contribution in [-0.2, 0) is 9.59 Å². The average Bonchev–Trinajstić information content (AvgIpc) is 2.74. The molecule has 29 heavy (non-hydrogen) atoms. The van der Waals surface area contributed by atoms with Gasteiger partial charge in [0.05, 0.1) is 13.0 Å². The van der Waals surface area contributed by atoms with Gasteiger partial charge in [-0.3, -0.25) is 9.59 Å². The van der Waals surface area contributed by atoms with Crippen LogP contribution >= 0.6 is 0 Å². The molecule has 3 rings (SSSR count). The number of amides is 2. The number of carbonyl (C=O) groups excluding carboxylic acids is 2. The number of hydrogen-bond acceptors (Lipinski definition) is 4. The van der Waals surface area contributed by atoms with Crippen molar-refractivity contribution in [1.82, 2.24) is 10.2 Å². The summed E-state index contributed by atoms with van der Waals surface area (Å²) in [4.78, 5) is 26.3. The fourth-order valence-corrected chi connectivity index (χ4v) is 3.26. The maximum atomic E-state index is 12.3. The number of aryl methyl sites for hydroxylation is 1. The number of nitrogens with zero attached hydrogens (tertiary/aromatic N) is 1. The van der Waals surface area contributed by atoms with Crippen molar-refractivity contribution in [1.29, 1.82) is 0 Å². The van der Waals surface area contributed by atoms with Crippen LogP contribution in [0.5, 0.6) is 11.5 Å². The van der Waals surface area contributed by atoms with Crippen molar-refractivity contribution < 1.29 is 19.1 Å². The summed E-state index contributed by atoms with van der Waals surface area (Å²) < 4.78 is 11.1. The SMILES string of the molecule is Cc1ccc(OCC(=O)NC2CCN(C(=O)CCOc3ccccc3)CC2)cc1. The third-order valence-electron chi connectivity index (χ3n) is 4.93. The fourth-order valence-electron chi connectivity index (χ4n) is 3.26. The van der Waals surface area contributed by atoms with Gasteiger partial charge in [0, 0.05) is 19.1 Å². The van der Waals surface area contributed by atoms with Crippen molar-refractivity contribution in [2.75, 3.05) is 26.3 Å².